The topological polar surface area (TPSA) is 54.2 Å². The fourth-order valence-corrected chi connectivity index (χ4v) is 1.94. The molecule has 0 saturated carbocycles. The van der Waals surface area contributed by atoms with Crippen molar-refractivity contribution in [2.45, 2.75) is 19.3 Å². The Morgan fingerprint density at radius 3 is 2.46 bits per heavy atom. The Labute approximate surface area is 155 Å². The fourth-order valence-electron chi connectivity index (χ4n) is 1.94. The van der Waals surface area contributed by atoms with Crippen LogP contribution in [0.15, 0.2) is 47.7 Å². The molecular weight excluding hydrogens is 434 g/mol. The minimum Gasteiger partial charge on any atom is -0.355 e. The zero-order chi connectivity index (χ0) is 16.7. The maximum atomic E-state index is 12.5. The highest BCUT2D eigenvalue weighted by Gasteiger charge is 2.29. The minimum atomic E-state index is -4.31. The third kappa shape index (κ3) is 6.38. The summed E-state index contributed by atoms with van der Waals surface area (Å²) in [7, 11) is 1.63. The molecule has 1 aromatic carbocycles. The number of alkyl halides is 3. The number of hydrogen-bond acceptors (Lipinski definition) is 2. The van der Waals surface area contributed by atoms with E-state index in [-0.39, 0.29) is 24.0 Å². The summed E-state index contributed by atoms with van der Waals surface area (Å²) in [4.78, 5) is 4.06. The second kappa shape index (κ2) is 9.50. The van der Waals surface area contributed by atoms with Crippen molar-refractivity contribution in [2.75, 3.05) is 13.6 Å². The normalized spacial score (nSPS) is 11.8. The van der Waals surface area contributed by atoms with Gasteiger partial charge in [-0.2, -0.15) is 18.3 Å². The van der Waals surface area contributed by atoms with Gasteiger partial charge >= 0.3 is 6.18 Å². The van der Waals surface area contributed by atoms with Gasteiger partial charge in [0, 0.05) is 32.5 Å². The molecule has 0 aliphatic rings. The monoisotopic (exact) mass is 453 g/mol. The van der Waals surface area contributed by atoms with Crippen molar-refractivity contribution < 1.29 is 13.2 Å². The van der Waals surface area contributed by atoms with Crippen molar-refractivity contribution in [1.29, 1.82) is 0 Å². The van der Waals surface area contributed by atoms with E-state index in [0.29, 0.717) is 25.6 Å². The average Bonchev–Trinajstić information content (AvgIpc) is 3.03. The molecule has 132 valence electrons. The Hall–Kier alpha value is -1.78. The minimum absolute atomic E-state index is 0. The molecule has 0 unspecified atom stereocenters. The predicted octanol–water partition coefficient (Wildman–Crippen LogP) is 2.89. The molecular formula is C15H19F3IN5. The molecule has 0 saturated heterocycles. The predicted molar refractivity (Wildman–Crippen MR) is 97.3 cm³/mol. The molecule has 2 N–H and O–H groups in total. The largest absolute Gasteiger partial charge is 0.416 e. The lowest BCUT2D eigenvalue weighted by Crippen LogP contribution is -2.38. The molecule has 9 heteroatoms. The molecule has 0 fully saturated rings. The smallest absolute Gasteiger partial charge is 0.355 e. The second-order valence-corrected chi connectivity index (χ2v) is 4.82. The number of guanidine groups is 1. The van der Waals surface area contributed by atoms with Crippen molar-refractivity contribution >= 4 is 29.9 Å². The Kier molecular flexibility index (Phi) is 8.02. The Bertz CT molecular complexity index is 624. The van der Waals surface area contributed by atoms with Gasteiger partial charge in [-0.3, -0.25) is 9.67 Å². The molecule has 0 aliphatic heterocycles. The van der Waals surface area contributed by atoms with Crippen LogP contribution in [0, 0.1) is 0 Å². The number of hydrogen-bond donors (Lipinski definition) is 2. The van der Waals surface area contributed by atoms with Gasteiger partial charge in [0.1, 0.15) is 0 Å². The van der Waals surface area contributed by atoms with Gasteiger partial charge in [-0.1, -0.05) is 12.1 Å². The summed E-state index contributed by atoms with van der Waals surface area (Å²) in [6.07, 6.45) is -0.742. The zero-order valence-corrected chi connectivity index (χ0v) is 15.4. The molecule has 1 aromatic heterocycles. The lowest BCUT2D eigenvalue weighted by molar-refractivity contribution is -0.137. The SMILES string of the molecule is CN=C(NCCn1cccn1)NCc1ccc(C(F)(F)F)cc1.I. The van der Waals surface area contributed by atoms with Gasteiger partial charge in [-0.15, -0.1) is 24.0 Å². The van der Waals surface area contributed by atoms with Gasteiger partial charge < -0.3 is 10.6 Å². The number of nitrogens with one attached hydrogen (secondary N) is 2. The van der Waals surface area contributed by atoms with Crippen molar-refractivity contribution in [3.63, 3.8) is 0 Å². The van der Waals surface area contributed by atoms with Crippen LogP contribution in [0.1, 0.15) is 11.1 Å². The first-order chi connectivity index (χ1) is 11.0. The van der Waals surface area contributed by atoms with E-state index < -0.39 is 11.7 Å². The van der Waals surface area contributed by atoms with Crippen molar-refractivity contribution in [1.82, 2.24) is 20.4 Å². The lowest BCUT2D eigenvalue weighted by atomic mass is 10.1. The molecule has 5 nitrogen and oxygen atoms in total. The molecule has 0 radical (unpaired) electrons. The molecule has 24 heavy (non-hydrogen) atoms. The number of rotatable bonds is 5. The van der Waals surface area contributed by atoms with Crippen LogP contribution in [0.2, 0.25) is 0 Å². The highest BCUT2D eigenvalue weighted by molar-refractivity contribution is 14.0. The van der Waals surface area contributed by atoms with E-state index in [1.54, 1.807) is 17.9 Å². The molecule has 2 aromatic rings. The molecule has 0 aliphatic carbocycles. The van der Waals surface area contributed by atoms with Crippen LogP contribution in [0.25, 0.3) is 0 Å². The summed E-state index contributed by atoms with van der Waals surface area (Å²) in [6, 6.07) is 6.90. The molecule has 2 rings (SSSR count). The van der Waals surface area contributed by atoms with Crippen LogP contribution >= 0.6 is 24.0 Å². The van der Waals surface area contributed by atoms with Gasteiger partial charge in [0.25, 0.3) is 0 Å². The van der Waals surface area contributed by atoms with Crippen molar-refractivity contribution in [2.24, 2.45) is 4.99 Å². The van der Waals surface area contributed by atoms with Crippen LogP contribution < -0.4 is 10.6 Å². The number of benzene rings is 1. The van der Waals surface area contributed by atoms with E-state index in [0.717, 1.165) is 17.7 Å². The third-order valence-electron chi connectivity index (χ3n) is 3.16. The van der Waals surface area contributed by atoms with E-state index in [9.17, 15) is 13.2 Å². The first-order valence-corrected chi connectivity index (χ1v) is 7.07. The number of nitrogens with zero attached hydrogens (tertiary/aromatic N) is 3. The summed E-state index contributed by atoms with van der Waals surface area (Å²) in [5, 5.41) is 10.2. The van der Waals surface area contributed by atoms with Crippen LogP contribution in [0.5, 0.6) is 0 Å². The quantitative estimate of drug-likeness (QED) is 0.416. The zero-order valence-electron chi connectivity index (χ0n) is 13.0. The Balaban J connectivity index is 0.00000288. The summed E-state index contributed by atoms with van der Waals surface area (Å²) in [5.41, 5.74) is 0.0935. The van der Waals surface area contributed by atoms with Crippen molar-refractivity contribution in [3.05, 3.63) is 53.9 Å². The van der Waals surface area contributed by atoms with E-state index in [1.807, 2.05) is 12.3 Å². The summed E-state index contributed by atoms with van der Waals surface area (Å²) >= 11 is 0. The van der Waals surface area contributed by atoms with E-state index in [4.69, 9.17) is 0 Å². The number of halogens is 4. The van der Waals surface area contributed by atoms with Gasteiger partial charge in [0.2, 0.25) is 0 Å². The molecule has 0 bridgehead atoms. The van der Waals surface area contributed by atoms with E-state index in [2.05, 4.69) is 20.7 Å². The highest BCUT2D eigenvalue weighted by atomic mass is 127. The standard InChI is InChI=1S/C15H18F3N5.HI/c1-19-14(20-8-10-23-9-2-7-22-23)21-11-12-3-5-13(6-4-12)15(16,17)18;/h2-7,9H,8,10-11H2,1H3,(H2,19,20,21);1H. The average molecular weight is 453 g/mol. The van der Waals surface area contributed by atoms with Crippen LogP contribution in [-0.2, 0) is 19.3 Å². The number of aliphatic imine (C=N–C) groups is 1. The summed E-state index contributed by atoms with van der Waals surface area (Å²) in [5.74, 6) is 0.581. The Morgan fingerprint density at radius 2 is 1.92 bits per heavy atom. The van der Waals surface area contributed by atoms with Gasteiger partial charge in [-0.05, 0) is 23.8 Å². The highest BCUT2D eigenvalue weighted by Crippen LogP contribution is 2.28. The molecule has 0 atom stereocenters. The molecule has 1 heterocycles. The Morgan fingerprint density at radius 1 is 1.21 bits per heavy atom. The summed E-state index contributed by atoms with van der Waals surface area (Å²) < 4.78 is 39.3. The van der Waals surface area contributed by atoms with E-state index >= 15 is 0 Å². The fraction of sp³-hybridized carbons (Fsp3) is 0.333. The lowest BCUT2D eigenvalue weighted by Gasteiger charge is -2.12. The van der Waals surface area contributed by atoms with Crippen LogP contribution in [-0.4, -0.2) is 29.3 Å². The van der Waals surface area contributed by atoms with Gasteiger partial charge in [-0.25, -0.2) is 0 Å². The van der Waals surface area contributed by atoms with Gasteiger partial charge in [0.05, 0.1) is 12.1 Å². The maximum Gasteiger partial charge on any atom is 0.416 e. The van der Waals surface area contributed by atoms with Crippen LogP contribution in [0.4, 0.5) is 13.2 Å². The van der Waals surface area contributed by atoms with Crippen molar-refractivity contribution in [3.8, 4) is 0 Å². The molecule has 0 amide bonds. The maximum absolute atomic E-state index is 12.5. The number of aromatic nitrogens is 2. The van der Waals surface area contributed by atoms with Gasteiger partial charge in [0.15, 0.2) is 5.96 Å². The molecule has 0 spiro atoms. The first kappa shape index (κ1) is 20.3. The van der Waals surface area contributed by atoms with E-state index in [1.165, 1.54) is 12.1 Å². The second-order valence-electron chi connectivity index (χ2n) is 4.82. The first-order valence-electron chi connectivity index (χ1n) is 7.07. The summed E-state index contributed by atoms with van der Waals surface area (Å²) in [6.45, 7) is 1.71. The third-order valence-corrected chi connectivity index (χ3v) is 3.16. The van der Waals surface area contributed by atoms with Crippen LogP contribution in [0.3, 0.4) is 0 Å².